The normalized spacial score (nSPS) is 10.6. The van der Waals surface area contributed by atoms with E-state index in [0.29, 0.717) is 5.69 Å². The summed E-state index contributed by atoms with van der Waals surface area (Å²) in [7, 11) is 1.61. The second-order valence-corrected chi connectivity index (χ2v) is 4.95. The number of aromatic amines is 2. The van der Waals surface area contributed by atoms with Crippen molar-refractivity contribution in [1.29, 1.82) is 0 Å². The van der Waals surface area contributed by atoms with E-state index in [9.17, 15) is 4.79 Å². The summed E-state index contributed by atoms with van der Waals surface area (Å²) in [4.78, 5) is 20.3. The number of methoxy groups -OCH3 is 1. The molecule has 0 amide bonds. The van der Waals surface area contributed by atoms with Gasteiger partial charge >= 0.3 is 5.69 Å². The van der Waals surface area contributed by atoms with Crippen LogP contribution in [0.2, 0.25) is 0 Å². The van der Waals surface area contributed by atoms with Crippen LogP contribution in [0.4, 0.5) is 5.82 Å². The second-order valence-electron chi connectivity index (χ2n) is 4.95. The molecule has 0 saturated carbocycles. The summed E-state index contributed by atoms with van der Waals surface area (Å²) in [6.07, 6.45) is 5.08. The quantitative estimate of drug-likeness (QED) is 0.420. The maximum Gasteiger partial charge on any atom is 0.345 e. The molecule has 0 spiro atoms. The molecule has 0 unspecified atom stereocenters. The van der Waals surface area contributed by atoms with Crippen molar-refractivity contribution in [3.63, 3.8) is 0 Å². The van der Waals surface area contributed by atoms with Crippen LogP contribution in [0.15, 0.2) is 46.4 Å². The standard InChI is InChI=1S/C16H13N7O2/c1-25-13-6-3-10(4-7-13)15-11(9-18-22-15)2-5-12-8-14(21-23-17)20-16(24)19-12/h2-9H,1H3,(H,18,22)(H,19,20,24)/b5-2+. The lowest BCUT2D eigenvalue weighted by Crippen LogP contribution is -2.10. The lowest BCUT2D eigenvalue weighted by molar-refractivity contribution is 0.415. The van der Waals surface area contributed by atoms with Crippen LogP contribution < -0.4 is 10.4 Å². The second kappa shape index (κ2) is 7.16. The van der Waals surface area contributed by atoms with Gasteiger partial charge in [0.25, 0.3) is 0 Å². The van der Waals surface area contributed by atoms with E-state index >= 15 is 0 Å². The van der Waals surface area contributed by atoms with E-state index in [1.54, 1.807) is 25.5 Å². The van der Waals surface area contributed by atoms with Crippen LogP contribution in [0.25, 0.3) is 33.9 Å². The minimum atomic E-state index is -0.591. The van der Waals surface area contributed by atoms with Crippen molar-refractivity contribution < 1.29 is 4.74 Å². The topological polar surface area (TPSA) is 132 Å². The summed E-state index contributed by atoms with van der Waals surface area (Å²) < 4.78 is 5.15. The lowest BCUT2D eigenvalue weighted by atomic mass is 10.1. The highest BCUT2D eigenvalue weighted by Crippen LogP contribution is 2.25. The zero-order chi connectivity index (χ0) is 17.6. The summed E-state index contributed by atoms with van der Waals surface area (Å²) in [5.41, 5.74) is 10.8. The van der Waals surface area contributed by atoms with Gasteiger partial charge in [0.05, 0.1) is 24.7 Å². The van der Waals surface area contributed by atoms with Gasteiger partial charge in [-0.25, -0.2) is 4.79 Å². The van der Waals surface area contributed by atoms with E-state index in [2.05, 4.69) is 30.2 Å². The maximum absolute atomic E-state index is 11.5. The number of benzene rings is 1. The molecule has 0 bridgehead atoms. The number of H-pyrrole nitrogens is 2. The molecule has 0 radical (unpaired) electrons. The van der Waals surface area contributed by atoms with E-state index in [0.717, 1.165) is 22.6 Å². The average molecular weight is 335 g/mol. The molecule has 25 heavy (non-hydrogen) atoms. The summed E-state index contributed by atoms with van der Waals surface area (Å²) in [6.45, 7) is 0. The van der Waals surface area contributed by atoms with Gasteiger partial charge in [-0.15, -0.1) is 0 Å². The smallest absolute Gasteiger partial charge is 0.345 e. The molecule has 124 valence electrons. The van der Waals surface area contributed by atoms with E-state index < -0.39 is 5.69 Å². The highest BCUT2D eigenvalue weighted by atomic mass is 16.5. The molecular formula is C16H13N7O2. The summed E-state index contributed by atoms with van der Waals surface area (Å²) >= 11 is 0. The van der Waals surface area contributed by atoms with Crippen LogP contribution in [0.5, 0.6) is 5.75 Å². The molecule has 2 aromatic heterocycles. The molecular weight excluding hydrogens is 322 g/mol. The highest BCUT2D eigenvalue weighted by Gasteiger charge is 2.06. The van der Waals surface area contributed by atoms with Gasteiger partial charge in [0, 0.05) is 16.0 Å². The predicted molar refractivity (Wildman–Crippen MR) is 93.2 cm³/mol. The van der Waals surface area contributed by atoms with Gasteiger partial charge in [-0.2, -0.15) is 10.1 Å². The Labute approximate surface area is 141 Å². The fourth-order valence-corrected chi connectivity index (χ4v) is 2.24. The molecule has 0 atom stereocenters. The first-order chi connectivity index (χ1) is 12.2. The minimum absolute atomic E-state index is 0.102. The van der Waals surface area contributed by atoms with Crippen molar-refractivity contribution in [3.8, 4) is 17.0 Å². The summed E-state index contributed by atoms with van der Waals surface area (Å²) in [5.74, 6) is 0.864. The Balaban J connectivity index is 1.91. The van der Waals surface area contributed by atoms with E-state index in [1.165, 1.54) is 6.07 Å². The molecule has 0 aliphatic rings. The molecule has 3 aromatic rings. The number of hydrogen-bond donors (Lipinski definition) is 2. The Morgan fingerprint density at radius 1 is 1.28 bits per heavy atom. The fourth-order valence-electron chi connectivity index (χ4n) is 2.24. The predicted octanol–water partition coefficient (Wildman–Crippen LogP) is 3.28. The SMILES string of the molecule is COc1ccc(-c2[nH]ncc2/C=C/c2cc(N=[N+]=[N-])[nH]c(=O)n2)cc1. The number of azide groups is 1. The van der Waals surface area contributed by atoms with Crippen molar-refractivity contribution in [2.75, 3.05) is 7.11 Å². The van der Waals surface area contributed by atoms with Gasteiger partial charge in [0.1, 0.15) is 11.6 Å². The van der Waals surface area contributed by atoms with Gasteiger partial charge in [0.2, 0.25) is 0 Å². The lowest BCUT2D eigenvalue weighted by Gasteiger charge is -2.02. The monoisotopic (exact) mass is 335 g/mol. The van der Waals surface area contributed by atoms with Crippen LogP contribution in [0.1, 0.15) is 11.3 Å². The summed E-state index contributed by atoms with van der Waals surface area (Å²) in [6, 6.07) is 9.01. The minimum Gasteiger partial charge on any atom is -0.497 e. The third-order valence-electron chi connectivity index (χ3n) is 3.38. The highest BCUT2D eigenvalue weighted by molar-refractivity contribution is 5.78. The number of nitrogens with one attached hydrogen (secondary N) is 2. The third kappa shape index (κ3) is 3.74. The van der Waals surface area contributed by atoms with Crippen LogP contribution in [-0.4, -0.2) is 27.3 Å². The van der Waals surface area contributed by atoms with Crippen LogP contribution in [-0.2, 0) is 0 Å². The number of aromatic nitrogens is 4. The zero-order valence-corrected chi connectivity index (χ0v) is 13.2. The van der Waals surface area contributed by atoms with Gasteiger partial charge in [-0.05, 0) is 53.1 Å². The molecule has 0 saturated heterocycles. The number of rotatable bonds is 5. The molecule has 2 heterocycles. The Bertz CT molecular complexity index is 1010. The molecule has 9 nitrogen and oxygen atoms in total. The van der Waals surface area contributed by atoms with Crippen molar-refractivity contribution in [3.05, 3.63) is 68.7 Å². The average Bonchev–Trinajstić information content (AvgIpc) is 3.08. The maximum atomic E-state index is 11.5. The van der Waals surface area contributed by atoms with Crippen LogP contribution in [0, 0.1) is 0 Å². The fraction of sp³-hybridized carbons (Fsp3) is 0.0625. The molecule has 0 fully saturated rings. The molecule has 0 aliphatic carbocycles. The number of hydrogen-bond acceptors (Lipinski definition) is 5. The van der Waals surface area contributed by atoms with Crippen LogP contribution in [0.3, 0.4) is 0 Å². The number of ether oxygens (including phenoxy) is 1. The Kier molecular flexibility index (Phi) is 4.59. The van der Waals surface area contributed by atoms with Crippen molar-refractivity contribution >= 4 is 18.0 Å². The largest absolute Gasteiger partial charge is 0.497 e. The Morgan fingerprint density at radius 2 is 2.08 bits per heavy atom. The van der Waals surface area contributed by atoms with Crippen molar-refractivity contribution in [2.45, 2.75) is 0 Å². The van der Waals surface area contributed by atoms with Gasteiger partial charge in [-0.3, -0.25) is 5.10 Å². The Morgan fingerprint density at radius 3 is 2.80 bits per heavy atom. The molecule has 9 heteroatoms. The third-order valence-corrected chi connectivity index (χ3v) is 3.38. The van der Waals surface area contributed by atoms with E-state index in [-0.39, 0.29) is 5.82 Å². The summed E-state index contributed by atoms with van der Waals surface area (Å²) in [5, 5.41) is 10.4. The molecule has 3 rings (SSSR count). The van der Waals surface area contributed by atoms with Gasteiger partial charge < -0.3 is 9.72 Å². The number of nitrogens with zero attached hydrogens (tertiary/aromatic N) is 5. The first-order valence-electron chi connectivity index (χ1n) is 7.22. The Hall–Kier alpha value is -3.84. The van der Waals surface area contributed by atoms with Gasteiger partial charge in [-0.1, -0.05) is 0 Å². The van der Waals surface area contributed by atoms with E-state index in [4.69, 9.17) is 10.3 Å². The van der Waals surface area contributed by atoms with E-state index in [1.807, 2.05) is 24.3 Å². The molecule has 0 aliphatic heterocycles. The van der Waals surface area contributed by atoms with Crippen molar-refractivity contribution in [2.24, 2.45) is 5.11 Å². The van der Waals surface area contributed by atoms with Crippen LogP contribution >= 0.6 is 0 Å². The first-order valence-corrected chi connectivity index (χ1v) is 7.22. The van der Waals surface area contributed by atoms with Gasteiger partial charge in [0.15, 0.2) is 0 Å². The zero-order valence-electron chi connectivity index (χ0n) is 13.2. The van der Waals surface area contributed by atoms with Crippen molar-refractivity contribution in [1.82, 2.24) is 20.2 Å². The first kappa shape index (κ1) is 16.0. The molecule has 2 N–H and O–H groups in total. The molecule has 1 aromatic carbocycles.